The number of ether oxygens (including phenoxy) is 1. The first-order chi connectivity index (χ1) is 12.0. The number of hydrogen-bond acceptors (Lipinski definition) is 2. The van der Waals surface area contributed by atoms with Crippen LogP contribution >= 0.6 is 46.4 Å². The summed E-state index contributed by atoms with van der Waals surface area (Å²) >= 11 is 24.4. The smallest absolute Gasteiger partial charge is 0.102 e. The molecule has 0 aliphatic carbocycles. The van der Waals surface area contributed by atoms with E-state index in [-0.39, 0.29) is 6.10 Å². The maximum atomic E-state index is 6.36. The molecule has 0 amide bonds. The highest BCUT2D eigenvalue weighted by Crippen LogP contribution is 2.31. The number of nitrogens with zero attached hydrogens (tertiary/aromatic N) is 2. The summed E-state index contributed by atoms with van der Waals surface area (Å²) in [6, 6.07) is 10.8. The van der Waals surface area contributed by atoms with Gasteiger partial charge in [-0.15, -0.1) is 0 Å². The van der Waals surface area contributed by atoms with E-state index in [0.717, 1.165) is 11.1 Å². The average Bonchev–Trinajstić information content (AvgIpc) is 3.08. The van der Waals surface area contributed by atoms with E-state index in [1.165, 1.54) is 0 Å². The van der Waals surface area contributed by atoms with Crippen LogP contribution in [0.1, 0.15) is 17.2 Å². The van der Waals surface area contributed by atoms with Crippen molar-refractivity contribution in [1.82, 2.24) is 9.55 Å². The van der Waals surface area contributed by atoms with Crippen molar-refractivity contribution >= 4 is 46.4 Å². The largest absolute Gasteiger partial charge is 0.367 e. The fourth-order valence-corrected chi connectivity index (χ4v) is 3.27. The molecule has 0 saturated heterocycles. The van der Waals surface area contributed by atoms with E-state index < -0.39 is 0 Å². The lowest BCUT2D eigenvalue weighted by atomic mass is 10.1. The third-order valence-electron chi connectivity index (χ3n) is 3.68. The van der Waals surface area contributed by atoms with Gasteiger partial charge in [0.25, 0.3) is 0 Å². The summed E-state index contributed by atoms with van der Waals surface area (Å²) in [4.78, 5) is 4.07. The van der Waals surface area contributed by atoms with Gasteiger partial charge < -0.3 is 9.30 Å². The first-order valence-electron chi connectivity index (χ1n) is 7.49. The zero-order valence-corrected chi connectivity index (χ0v) is 16.0. The van der Waals surface area contributed by atoms with E-state index in [2.05, 4.69) is 4.98 Å². The van der Waals surface area contributed by atoms with Gasteiger partial charge >= 0.3 is 0 Å². The van der Waals surface area contributed by atoms with E-state index >= 15 is 0 Å². The number of hydrogen-bond donors (Lipinski definition) is 0. The van der Waals surface area contributed by atoms with Crippen LogP contribution in [-0.2, 0) is 17.9 Å². The van der Waals surface area contributed by atoms with Gasteiger partial charge in [-0.1, -0.05) is 58.5 Å². The second kappa shape index (κ2) is 8.43. The number of benzene rings is 2. The Balaban J connectivity index is 1.81. The molecule has 0 N–H and O–H groups in total. The summed E-state index contributed by atoms with van der Waals surface area (Å²) < 4.78 is 8.06. The van der Waals surface area contributed by atoms with Crippen LogP contribution in [0.5, 0.6) is 0 Å². The molecule has 1 heterocycles. The van der Waals surface area contributed by atoms with Crippen LogP contribution in [0, 0.1) is 0 Å². The number of aromatic nitrogens is 2. The maximum Gasteiger partial charge on any atom is 0.102 e. The lowest BCUT2D eigenvalue weighted by Gasteiger charge is -2.20. The van der Waals surface area contributed by atoms with Crippen molar-refractivity contribution in [2.45, 2.75) is 19.3 Å². The Kier molecular flexibility index (Phi) is 6.26. The van der Waals surface area contributed by atoms with Crippen LogP contribution in [0.2, 0.25) is 20.1 Å². The molecule has 2 aromatic carbocycles. The van der Waals surface area contributed by atoms with Gasteiger partial charge in [0.2, 0.25) is 0 Å². The Morgan fingerprint density at radius 3 is 2.48 bits per heavy atom. The first kappa shape index (κ1) is 18.6. The second-order valence-corrected chi connectivity index (χ2v) is 7.13. The maximum absolute atomic E-state index is 6.36. The minimum atomic E-state index is -0.270. The summed E-state index contributed by atoms with van der Waals surface area (Å²) in [6.07, 6.45) is 5.06. The third kappa shape index (κ3) is 4.90. The normalized spacial score (nSPS) is 12.3. The molecule has 130 valence electrons. The van der Waals surface area contributed by atoms with E-state index in [4.69, 9.17) is 51.1 Å². The van der Waals surface area contributed by atoms with Gasteiger partial charge in [-0.25, -0.2) is 4.98 Å². The summed E-state index contributed by atoms with van der Waals surface area (Å²) in [7, 11) is 0. The highest BCUT2D eigenvalue weighted by Gasteiger charge is 2.17. The van der Waals surface area contributed by atoms with Gasteiger partial charge in [0.1, 0.15) is 6.10 Å². The van der Waals surface area contributed by atoms with Crippen molar-refractivity contribution in [3.63, 3.8) is 0 Å². The molecule has 0 unspecified atom stereocenters. The topological polar surface area (TPSA) is 27.1 Å². The van der Waals surface area contributed by atoms with Gasteiger partial charge in [0, 0.05) is 28.0 Å². The number of imidazole rings is 1. The molecule has 0 bridgehead atoms. The fourth-order valence-electron chi connectivity index (χ4n) is 2.42. The number of halogens is 4. The van der Waals surface area contributed by atoms with Gasteiger partial charge in [0.05, 0.1) is 29.5 Å². The molecule has 0 aliphatic rings. The van der Waals surface area contributed by atoms with Crippen LogP contribution in [0.3, 0.4) is 0 Å². The SMILES string of the molecule is Clc1ccc([C@H](Cn2ccnc2)OCc2ccc(Cl)c(Cl)c2)c(Cl)c1. The fraction of sp³-hybridized carbons (Fsp3) is 0.167. The van der Waals surface area contributed by atoms with Crippen molar-refractivity contribution in [3.8, 4) is 0 Å². The van der Waals surface area contributed by atoms with Gasteiger partial charge in [-0.05, 0) is 29.8 Å². The molecule has 0 spiro atoms. The van der Waals surface area contributed by atoms with E-state index in [1.807, 2.05) is 22.9 Å². The molecule has 1 atom stereocenters. The molecule has 0 aliphatic heterocycles. The molecule has 25 heavy (non-hydrogen) atoms. The van der Waals surface area contributed by atoms with Crippen molar-refractivity contribution in [2.24, 2.45) is 0 Å². The van der Waals surface area contributed by atoms with Crippen molar-refractivity contribution in [1.29, 1.82) is 0 Å². The minimum absolute atomic E-state index is 0.270. The van der Waals surface area contributed by atoms with E-state index in [9.17, 15) is 0 Å². The minimum Gasteiger partial charge on any atom is -0.367 e. The van der Waals surface area contributed by atoms with Crippen LogP contribution in [-0.4, -0.2) is 9.55 Å². The van der Waals surface area contributed by atoms with Crippen LogP contribution in [0.25, 0.3) is 0 Å². The molecule has 3 rings (SSSR count). The van der Waals surface area contributed by atoms with Crippen LogP contribution in [0.15, 0.2) is 55.1 Å². The standard InChI is InChI=1S/C18H14Cl4N2O/c19-13-2-3-14(16(21)8-13)18(9-24-6-5-23-11-24)25-10-12-1-4-15(20)17(22)7-12/h1-8,11,18H,9-10H2/t18-/m0/s1. The Morgan fingerprint density at radius 1 is 0.960 bits per heavy atom. The third-order valence-corrected chi connectivity index (χ3v) is 4.98. The van der Waals surface area contributed by atoms with Crippen LogP contribution in [0.4, 0.5) is 0 Å². The lowest BCUT2D eigenvalue weighted by Crippen LogP contribution is -2.12. The highest BCUT2D eigenvalue weighted by atomic mass is 35.5. The summed E-state index contributed by atoms with van der Waals surface area (Å²) in [5, 5.41) is 2.16. The zero-order chi connectivity index (χ0) is 17.8. The molecule has 7 heteroatoms. The molecule has 0 fully saturated rings. The van der Waals surface area contributed by atoms with Crippen molar-refractivity contribution in [3.05, 3.63) is 86.3 Å². The first-order valence-corrected chi connectivity index (χ1v) is 9.00. The van der Waals surface area contributed by atoms with Gasteiger partial charge in [-0.2, -0.15) is 0 Å². The molecular weight excluding hydrogens is 402 g/mol. The van der Waals surface area contributed by atoms with E-state index in [0.29, 0.717) is 33.2 Å². The summed E-state index contributed by atoms with van der Waals surface area (Å²) in [6.45, 7) is 0.942. The average molecular weight is 416 g/mol. The Bertz CT molecular complexity index is 852. The highest BCUT2D eigenvalue weighted by molar-refractivity contribution is 6.42. The molecule has 0 radical (unpaired) electrons. The van der Waals surface area contributed by atoms with Gasteiger partial charge in [-0.3, -0.25) is 0 Å². The predicted molar refractivity (Wildman–Crippen MR) is 103 cm³/mol. The Hall–Kier alpha value is -1.23. The molecule has 1 aromatic heterocycles. The van der Waals surface area contributed by atoms with Crippen molar-refractivity contribution < 1.29 is 4.74 Å². The molecule has 3 nitrogen and oxygen atoms in total. The van der Waals surface area contributed by atoms with Crippen molar-refractivity contribution in [2.75, 3.05) is 0 Å². The zero-order valence-electron chi connectivity index (χ0n) is 13.0. The second-order valence-electron chi connectivity index (χ2n) is 5.47. The Labute approximate surface area is 166 Å². The predicted octanol–water partition coefficient (Wildman–Crippen LogP) is 6.45. The van der Waals surface area contributed by atoms with Crippen LogP contribution < -0.4 is 0 Å². The molecular formula is C18H14Cl4N2O. The quantitative estimate of drug-likeness (QED) is 0.462. The summed E-state index contributed by atoms with van der Waals surface area (Å²) in [5.74, 6) is 0. The molecule has 0 saturated carbocycles. The molecule has 3 aromatic rings. The lowest BCUT2D eigenvalue weighted by molar-refractivity contribution is 0.0280. The number of rotatable bonds is 6. The monoisotopic (exact) mass is 414 g/mol. The van der Waals surface area contributed by atoms with E-state index in [1.54, 1.807) is 36.8 Å². The van der Waals surface area contributed by atoms with Gasteiger partial charge in [0.15, 0.2) is 0 Å². The summed E-state index contributed by atoms with van der Waals surface area (Å²) in [5.41, 5.74) is 1.79. The Morgan fingerprint density at radius 2 is 1.80 bits per heavy atom.